The largest absolute Gasteiger partial charge is 0.350 e. The average molecular weight is 207 g/mol. The second-order valence-corrected chi connectivity index (χ2v) is 3.82. The Morgan fingerprint density at radius 1 is 1.40 bits per heavy atom. The smallest absolute Gasteiger partial charge is 0.253 e. The molecule has 0 radical (unpaired) electrons. The molecule has 1 amide bonds. The number of hydrogen-bond acceptors (Lipinski definition) is 3. The Labute approximate surface area is 89.8 Å². The van der Waals surface area contributed by atoms with Crippen LogP contribution in [0.25, 0.3) is 0 Å². The van der Waals surface area contributed by atoms with Crippen LogP contribution in [0.3, 0.4) is 0 Å². The monoisotopic (exact) mass is 207 g/mol. The molecule has 0 aromatic heterocycles. The minimum Gasteiger partial charge on any atom is -0.350 e. The highest BCUT2D eigenvalue weighted by Crippen LogP contribution is 2.16. The lowest BCUT2D eigenvalue weighted by molar-refractivity contribution is 0.0944. The van der Waals surface area contributed by atoms with Crippen molar-refractivity contribution in [2.24, 2.45) is 5.84 Å². The Kier molecular flexibility index (Phi) is 3.68. The molecule has 0 fully saturated rings. The van der Waals surface area contributed by atoms with Gasteiger partial charge in [-0.3, -0.25) is 10.6 Å². The van der Waals surface area contributed by atoms with Crippen molar-refractivity contribution in [1.29, 1.82) is 0 Å². The van der Waals surface area contributed by atoms with E-state index in [0.717, 1.165) is 5.56 Å². The molecule has 4 nitrogen and oxygen atoms in total. The maximum Gasteiger partial charge on any atom is 0.253 e. The second kappa shape index (κ2) is 4.79. The first-order valence-electron chi connectivity index (χ1n) is 4.92. The predicted molar refractivity (Wildman–Crippen MR) is 61.6 cm³/mol. The maximum atomic E-state index is 11.7. The van der Waals surface area contributed by atoms with E-state index >= 15 is 0 Å². The molecule has 0 aliphatic rings. The van der Waals surface area contributed by atoms with Crippen molar-refractivity contribution in [1.82, 2.24) is 5.32 Å². The van der Waals surface area contributed by atoms with E-state index in [-0.39, 0.29) is 11.9 Å². The number of anilines is 1. The summed E-state index contributed by atoms with van der Waals surface area (Å²) in [5, 5.41) is 2.82. The maximum absolute atomic E-state index is 11.7. The number of nitrogen functional groups attached to an aromatic ring is 1. The molecule has 0 saturated carbocycles. The SMILES string of the molecule is Cc1ccc(C(=O)NC(C)C)c(NN)c1. The first-order valence-corrected chi connectivity index (χ1v) is 4.92. The standard InChI is InChI=1S/C11H17N3O/c1-7(2)13-11(15)9-5-4-8(3)6-10(9)14-12/h4-7,14H,12H2,1-3H3,(H,13,15). The number of benzene rings is 1. The minimum atomic E-state index is -0.113. The Morgan fingerprint density at radius 2 is 2.07 bits per heavy atom. The van der Waals surface area contributed by atoms with Gasteiger partial charge in [-0.05, 0) is 38.5 Å². The van der Waals surface area contributed by atoms with Gasteiger partial charge >= 0.3 is 0 Å². The third-order valence-electron chi connectivity index (χ3n) is 1.99. The van der Waals surface area contributed by atoms with Crippen LogP contribution in [0.2, 0.25) is 0 Å². The van der Waals surface area contributed by atoms with Crippen LogP contribution in [0.4, 0.5) is 5.69 Å². The van der Waals surface area contributed by atoms with Gasteiger partial charge in [0.2, 0.25) is 0 Å². The van der Waals surface area contributed by atoms with Gasteiger partial charge in [-0.1, -0.05) is 6.07 Å². The number of amides is 1. The van der Waals surface area contributed by atoms with Crippen molar-refractivity contribution in [3.63, 3.8) is 0 Å². The fourth-order valence-electron chi connectivity index (χ4n) is 1.32. The van der Waals surface area contributed by atoms with Crippen molar-refractivity contribution < 1.29 is 4.79 Å². The Hall–Kier alpha value is -1.55. The van der Waals surface area contributed by atoms with Crippen LogP contribution < -0.4 is 16.6 Å². The van der Waals surface area contributed by atoms with Crippen molar-refractivity contribution >= 4 is 11.6 Å². The molecule has 1 aromatic rings. The Balaban J connectivity index is 2.97. The molecule has 0 atom stereocenters. The average Bonchev–Trinajstić information content (AvgIpc) is 2.16. The van der Waals surface area contributed by atoms with Crippen LogP contribution in [-0.4, -0.2) is 11.9 Å². The molecule has 0 spiro atoms. The normalized spacial score (nSPS) is 10.2. The predicted octanol–water partition coefficient (Wildman–Crippen LogP) is 1.42. The summed E-state index contributed by atoms with van der Waals surface area (Å²) in [6.07, 6.45) is 0. The molecule has 1 rings (SSSR count). The third-order valence-corrected chi connectivity index (χ3v) is 1.99. The highest BCUT2D eigenvalue weighted by molar-refractivity contribution is 5.99. The van der Waals surface area contributed by atoms with Crippen LogP contribution >= 0.6 is 0 Å². The van der Waals surface area contributed by atoms with E-state index in [9.17, 15) is 4.79 Å². The highest BCUT2D eigenvalue weighted by atomic mass is 16.1. The summed E-state index contributed by atoms with van der Waals surface area (Å²) in [6.45, 7) is 5.79. The lowest BCUT2D eigenvalue weighted by Gasteiger charge is -2.12. The molecular formula is C11H17N3O. The molecule has 0 aliphatic heterocycles. The van der Waals surface area contributed by atoms with E-state index in [1.165, 1.54) is 0 Å². The number of carbonyl (C=O) groups excluding carboxylic acids is 1. The van der Waals surface area contributed by atoms with Crippen LogP contribution in [-0.2, 0) is 0 Å². The lowest BCUT2D eigenvalue weighted by atomic mass is 10.1. The number of aryl methyl sites for hydroxylation is 1. The summed E-state index contributed by atoms with van der Waals surface area (Å²) in [4.78, 5) is 11.7. The van der Waals surface area contributed by atoms with Gasteiger partial charge in [-0.25, -0.2) is 0 Å². The Morgan fingerprint density at radius 3 is 2.60 bits per heavy atom. The zero-order valence-corrected chi connectivity index (χ0v) is 9.29. The van der Waals surface area contributed by atoms with Crippen LogP contribution in [0.1, 0.15) is 29.8 Å². The molecule has 4 heteroatoms. The van der Waals surface area contributed by atoms with Gasteiger partial charge in [0, 0.05) is 6.04 Å². The van der Waals surface area contributed by atoms with E-state index in [1.54, 1.807) is 6.07 Å². The molecule has 0 saturated heterocycles. The number of hydrazine groups is 1. The van der Waals surface area contributed by atoms with Gasteiger partial charge < -0.3 is 10.7 Å². The Bertz CT molecular complexity index is 361. The van der Waals surface area contributed by atoms with Gasteiger partial charge in [0.15, 0.2) is 0 Å². The summed E-state index contributed by atoms with van der Waals surface area (Å²) in [6, 6.07) is 5.61. The second-order valence-electron chi connectivity index (χ2n) is 3.82. The summed E-state index contributed by atoms with van der Waals surface area (Å²) < 4.78 is 0. The van der Waals surface area contributed by atoms with Gasteiger partial charge in [0.1, 0.15) is 0 Å². The number of nitrogens with one attached hydrogen (secondary N) is 2. The van der Waals surface area contributed by atoms with Crippen LogP contribution in [0, 0.1) is 6.92 Å². The van der Waals surface area contributed by atoms with Crippen molar-refractivity contribution in [2.45, 2.75) is 26.8 Å². The highest BCUT2D eigenvalue weighted by Gasteiger charge is 2.11. The molecule has 0 heterocycles. The molecule has 0 unspecified atom stereocenters. The van der Waals surface area contributed by atoms with Crippen LogP contribution in [0.5, 0.6) is 0 Å². The van der Waals surface area contributed by atoms with Crippen molar-refractivity contribution in [3.05, 3.63) is 29.3 Å². The third kappa shape index (κ3) is 2.95. The topological polar surface area (TPSA) is 67.2 Å². The fraction of sp³-hybridized carbons (Fsp3) is 0.364. The van der Waals surface area contributed by atoms with Gasteiger partial charge in [-0.2, -0.15) is 0 Å². The van der Waals surface area contributed by atoms with Gasteiger partial charge in [0.05, 0.1) is 11.3 Å². The number of nitrogens with two attached hydrogens (primary N) is 1. The number of hydrogen-bond donors (Lipinski definition) is 3. The van der Waals surface area contributed by atoms with Gasteiger partial charge in [0.25, 0.3) is 5.91 Å². The molecule has 1 aromatic carbocycles. The van der Waals surface area contributed by atoms with E-state index in [4.69, 9.17) is 5.84 Å². The molecule has 82 valence electrons. The van der Waals surface area contributed by atoms with Crippen molar-refractivity contribution in [3.8, 4) is 0 Å². The summed E-state index contributed by atoms with van der Waals surface area (Å²) in [7, 11) is 0. The van der Waals surface area contributed by atoms with E-state index in [2.05, 4.69) is 10.7 Å². The minimum absolute atomic E-state index is 0.113. The molecule has 0 bridgehead atoms. The van der Waals surface area contributed by atoms with E-state index in [1.807, 2.05) is 32.9 Å². The van der Waals surface area contributed by atoms with Crippen molar-refractivity contribution in [2.75, 3.05) is 5.43 Å². The fourth-order valence-corrected chi connectivity index (χ4v) is 1.32. The lowest BCUT2D eigenvalue weighted by Crippen LogP contribution is -2.31. The number of carbonyl (C=O) groups is 1. The molecule has 4 N–H and O–H groups in total. The first-order chi connectivity index (χ1) is 7.04. The van der Waals surface area contributed by atoms with E-state index < -0.39 is 0 Å². The van der Waals surface area contributed by atoms with Crippen LogP contribution in [0.15, 0.2) is 18.2 Å². The molecule has 0 aliphatic carbocycles. The summed E-state index contributed by atoms with van der Waals surface area (Å²) >= 11 is 0. The molecular weight excluding hydrogens is 190 g/mol. The zero-order chi connectivity index (χ0) is 11.4. The summed E-state index contributed by atoms with van der Waals surface area (Å²) in [5.74, 6) is 5.25. The summed E-state index contributed by atoms with van der Waals surface area (Å²) in [5.41, 5.74) is 4.80. The number of rotatable bonds is 3. The van der Waals surface area contributed by atoms with E-state index in [0.29, 0.717) is 11.3 Å². The van der Waals surface area contributed by atoms with Gasteiger partial charge in [-0.15, -0.1) is 0 Å². The first kappa shape index (κ1) is 11.5. The quantitative estimate of drug-likeness (QED) is 0.518. The molecule has 15 heavy (non-hydrogen) atoms. The zero-order valence-electron chi connectivity index (χ0n) is 9.29.